The lowest BCUT2D eigenvalue weighted by molar-refractivity contribution is 0.0923. The Labute approximate surface area is 133 Å². The van der Waals surface area contributed by atoms with Crippen LogP contribution in [0.3, 0.4) is 0 Å². The predicted molar refractivity (Wildman–Crippen MR) is 84.0 cm³/mol. The van der Waals surface area contributed by atoms with E-state index in [-0.39, 0.29) is 19.1 Å². The van der Waals surface area contributed by atoms with E-state index in [0.29, 0.717) is 16.5 Å². The van der Waals surface area contributed by atoms with Gasteiger partial charge in [0.2, 0.25) is 0 Å². The van der Waals surface area contributed by atoms with Crippen LogP contribution in [0.5, 0.6) is 5.75 Å². The van der Waals surface area contributed by atoms with Crippen LogP contribution in [-0.4, -0.2) is 28.6 Å². The van der Waals surface area contributed by atoms with Gasteiger partial charge in [-0.25, -0.2) is 4.98 Å². The Balaban J connectivity index is 1.99. The smallest absolute Gasteiger partial charge is 0.251 e. The molecule has 1 heterocycles. The van der Waals surface area contributed by atoms with Gasteiger partial charge in [0.15, 0.2) is 0 Å². The third kappa shape index (κ3) is 4.72. The number of nitrogens with zero attached hydrogens (tertiary/aromatic N) is 1. The molecule has 2 N–H and O–H groups in total. The Hall–Kier alpha value is -2.11. The van der Waals surface area contributed by atoms with E-state index >= 15 is 0 Å². The van der Waals surface area contributed by atoms with Crippen LogP contribution in [0.1, 0.15) is 22.8 Å². The van der Waals surface area contributed by atoms with Crippen molar-refractivity contribution in [2.75, 3.05) is 6.54 Å². The summed E-state index contributed by atoms with van der Waals surface area (Å²) >= 11 is 5.96. The molecule has 22 heavy (non-hydrogen) atoms. The number of carbonyl (C=O) groups is 1. The first-order valence-corrected chi connectivity index (χ1v) is 7.22. The number of aliphatic hydroxyl groups is 1. The predicted octanol–water partition coefficient (Wildman–Crippen LogP) is 2.42. The van der Waals surface area contributed by atoms with Crippen LogP contribution >= 0.6 is 11.6 Å². The van der Waals surface area contributed by atoms with E-state index in [2.05, 4.69) is 10.3 Å². The zero-order chi connectivity index (χ0) is 15.9. The summed E-state index contributed by atoms with van der Waals surface area (Å²) in [5, 5.41) is 12.2. The molecule has 0 aliphatic carbocycles. The van der Waals surface area contributed by atoms with Gasteiger partial charge < -0.3 is 15.2 Å². The maximum Gasteiger partial charge on any atom is 0.251 e. The van der Waals surface area contributed by atoms with Crippen molar-refractivity contribution in [2.24, 2.45) is 0 Å². The Morgan fingerprint density at radius 1 is 1.41 bits per heavy atom. The van der Waals surface area contributed by atoms with Gasteiger partial charge in [-0.05, 0) is 31.2 Å². The second kappa shape index (κ2) is 7.77. The average Bonchev–Trinajstić information content (AvgIpc) is 2.52. The van der Waals surface area contributed by atoms with Crippen LogP contribution in [0.25, 0.3) is 0 Å². The van der Waals surface area contributed by atoms with Crippen LogP contribution in [-0.2, 0) is 6.61 Å². The first-order chi connectivity index (χ1) is 10.6. The van der Waals surface area contributed by atoms with E-state index in [0.717, 1.165) is 5.56 Å². The lowest BCUT2D eigenvalue weighted by Crippen LogP contribution is -2.30. The number of pyridine rings is 1. The molecule has 2 aromatic rings. The van der Waals surface area contributed by atoms with Gasteiger partial charge in [-0.2, -0.15) is 0 Å². The molecule has 5 nitrogen and oxygen atoms in total. The summed E-state index contributed by atoms with van der Waals surface area (Å²) in [7, 11) is 0. The van der Waals surface area contributed by atoms with Crippen LogP contribution in [0.2, 0.25) is 5.15 Å². The Kier molecular flexibility index (Phi) is 5.75. The van der Waals surface area contributed by atoms with Gasteiger partial charge in [0.1, 0.15) is 17.5 Å². The summed E-state index contributed by atoms with van der Waals surface area (Å²) in [6, 6.07) is 10.4. The van der Waals surface area contributed by atoms with Crippen molar-refractivity contribution in [3.63, 3.8) is 0 Å². The van der Waals surface area contributed by atoms with Crippen molar-refractivity contribution in [3.05, 3.63) is 58.9 Å². The van der Waals surface area contributed by atoms with Crippen molar-refractivity contribution >= 4 is 17.5 Å². The van der Waals surface area contributed by atoms with E-state index in [1.807, 2.05) is 6.07 Å². The van der Waals surface area contributed by atoms with Gasteiger partial charge in [0.25, 0.3) is 5.91 Å². The highest BCUT2D eigenvalue weighted by Gasteiger charge is 2.08. The molecule has 0 saturated carbocycles. The zero-order valence-corrected chi connectivity index (χ0v) is 12.9. The fourth-order valence-corrected chi connectivity index (χ4v) is 1.93. The molecule has 0 aliphatic rings. The van der Waals surface area contributed by atoms with Gasteiger partial charge in [0, 0.05) is 23.9 Å². The minimum atomic E-state index is -0.587. The number of nitrogens with one attached hydrogen (secondary N) is 1. The fourth-order valence-electron chi connectivity index (χ4n) is 1.76. The normalized spacial score (nSPS) is 11.8. The highest BCUT2D eigenvalue weighted by molar-refractivity contribution is 6.30. The summed E-state index contributed by atoms with van der Waals surface area (Å²) in [6.45, 7) is 2.08. The van der Waals surface area contributed by atoms with Crippen LogP contribution in [0.4, 0.5) is 0 Å². The molecular formula is C16H17ClN2O3. The summed E-state index contributed by atoms with van der Waals surface area (Å²) in [5.41, 5.74) is 1.24. The molecule has 0 spiro atoms. The van der Waals surface area contributed by atoms with E-state index in [1.54, 1.807) is 43.5 Å². The summed E-state index contributed by atoms with van der Waals surface area (Å²) in [5.74, 6) is 0.301. The monoisotopic (exact) mass is 320 g/mol. The van der Waals surface area contributed by atoms with Gasteiger partial charge >= 0.3 is 0 Å². The van der Waals surface area contributed by atoms with Gasteiger partial charge in [-0.3, -0.25) is 4.79 Å². The number of benzene rings is 1. The summed E-state index contributed by atoms with van der Waals surface area (Å²) in [6.07, 6.45) is 1.02. The number of amides is 1. The molecule has 0 unspecified atom stereocenters. The number of halogens is 1. The molecule has 116 valence electrons. The van der Waals surface area contributed by atoms with Crippen molar-refractivity contribution < 1.29 is 14.6 Å². The molecule has 0 fully saturated rings. The highest BCUT2D eigenvalue weighted by Crippen LogP contribution is 2.18. The highest BCUT2D eigenvalue weighted by atomic mass is 35.5. The summed E-state index contributed by atoms with van der Waals surface area (Å²) in [4.78, 5) is 15.9. The maximum absolute atomic E-state index is 11.9. The molecule has 1 amide bonds. The molecule has 1 atom stereocenters. The van der Waals surface area contributed by atoms with E-state index in [9.17, 15) is 9.90 Å². The second-order valence-electron chi connectivity index (χ2n) is 4.83. The molecule has 2 rings (SSSR count). The number of hydrogen-bond acceptors (Lipinski definition) is 4. The van der Waals surface area contributed by atoms with Gasteiger partial charge in [-0.15, -0.1) is 0 Å². The number of rotatable bonds is 6. The molecule has 0 bridgehead atoms. The van der Waals surface area contributed by atoms with Crippen molar-refractivity contribution in [1.82, 2.24) is 10.3 Å². The molecule has 6 heteroatoms. The SMILES string of the molecule is C[C@H](O)CNC(=O)c1cccc(OCc2cccnc2Cl)c1. The first kappa shape index (κ1) is 16.3. The Morgan fingerprint density at radius 3 is 2.95 bits per heavy atom. The molecular weight excluding hydrogens is 304 g/mol. The molecule has 1 aromatic carbocycles. The number of aliphatic hydroxyl groups excluding tert-OH is 1. The quantitative estimate of drug-likeness (QED) is 0.802. The lowest BCUT2D eigenvalue weighted by atomic mass is 10.2. The number of aromatic nitrogens is 1. The van der Waals surface area contributed by atoms with E-state index < -0.39 is 6.10 Å². The van der Waals surface area contributed by atoms with Crippen molar-refractivity contribution in [1.29, 1.82) is 0 Å². The Morgan fingerprint density at radius 2 is 2.23 bits per heavy atom. The standard InChI is InChI=1S/C16H17ClN2O3/c1-11(20)9-19-16(21)12-4-2-6-14(8-12)22-10-13-5-3-7-18-15(13)17/h2-8,11,20H,9-10H2,1H3,(H,19,21)/t11-/m0/s1. The minimum Gasteiger partial charge on any atom is -0.489 e. The number of carbonyl (C=O) groups excluding carboxylic acids is 1. The molecule has 0 saturated heterocycles. The van der Waals surface area contributed by atoms with Crippen LogP contribution in [0, 0.1) is 0 Å². The second-order valence-corrected chi connectivity index (χ2v) is 5.19. The third-order valence-corrected chi connectivity index (χ3v) is 3.23. The molecule has 1 aromatic heterocycles. The third-order valence-electron chi connectivity index (χ3n) is 2.88. The number of hydrogen-bond donors (Lipinski definition) is 2. The first-order valence-electron chi connectivity index (χ1n) is 6.85. The summed E-state index contributed by atoms with van der Waals surface area (Å²) < 4.78 is 5.64. The Bertz CT molecular complexity index is 647. The topological polar surface area (TPSA) is 71.5 Å². The van der Waals surface area contributed by atoms with Crippen LogP contribution in [0.15, 0.2) is 42.6 Å². The van der Waals surface area contributed by atoms with Gasteiger partial charge in [0.05, 0.1) is 6.10 Å². The maximum atomic E-state index is 11.9. The number of ether oxygens (including phenoxy) is 1. The zero-order valence-electron chi connectivity index (χ0n) is 12.1. The van der Waals surface area contributed by atoms with Gasteiger partial charge in [-0.1, -0.05) is 23.7 Å². The lowest BCUT2D eigenvalue weighted by Gasteiger charge is -2.10. The minimum absolute atomic E-state index is 0.204. The molecule has 0 aliphatic heterocycles. The largest absolute Gasteiger partial charge is 0.489 e. The molecule has 0 radical (unpaired) electrons. The van der Waals surface area contributed by atoms with E-state index in [4.69, 9.17) is 16.3 Å². The van der Waals surface area contributed by atoms with E-state index in [1.165, 1.54) is 0 Å². The average molecular weight is 321 g/mol. The van der Waals surface area contributed by atoms with Crippen LogP contribution < -0.4 is 10.1 Å². The van der Waals surface area contributed by atoms with Crippen molar-refractivity contribution in [2.45, 2.75) is 19.6 Å². The fraction of sp³-hybridized carbons (Fsp3) is 0.250. The van der Waals surface area contributed by atoms with Crippen molar-refractivity contribution in [3.8, 4) is 5.75 Å².